The molecule has 0 aliphatic heterocycles. The van der Waals surface area contributed by atoms with Crippen LogP contribution >= 0.6 is 58.0 Å². The predicted octanol–water partition coefficient (Wildman–Crippen LogP) is 3.48. The fourth-order valence-corrected chi connectivity index (χ4v) is 3.39. The average molecular weight is 418 g/mol. The largest absolute Gasteiger partial charge is 0.369 e. The van der Waals surface area contributed by atoms with E-state index in [1.807, 2.05) is 0 Å². The van der Waals surface area contributed by atoms with E-state index in [9.17, 15) is 15.0 Å². The topological polar surface area (TPSA) is 69.9 Å². The molecule has 0 heterocycles. The van der Waals surface area contributed by atoms with Crippen molar-refractivity contribution in [2.45, 2.75) is 15.5 Å². The molecular weight excluding hydrogens is 407 g/mol. The van der Waals surface area contributed by atoms with Gasteiger partial charge < -0.3 is 10.2 Å². The molecule has 1 aromatic carbocycles. The van der Waals surface area contributed by atoms with E-state index in [1.54, 1.807) is 30.3 Å². The van der Waals surface area contributed by atoms with Gasteiger partial charge in [-0.25, -0.2) is 0 Å². The Morgan fingerprint density at radius 3 is 2.30 bits per heavy atom. The number of nitrogens with zero attached hydrogens (tertiary/aromatic N) is 1. The highest BCUT2D eigenvalue weighted by Gasteiger charge is 2.60. The third-order valence-corrected chi connectivity index (χ3v) is 5.98. The average Bonchev–Trinajstić information content (AvgIpc) is 2.53. The minimum absolute atomic E-state index is 0.134. The minimum atomic E-state index is -2.58. The second-order valence-corrected chi connectivity index (χ2v) is 7.09. The van der Waals surface area contributed by atoms with Crippen LogP contribution in [0.25, 0.3) is 0 Å². The van der Waals surface area contributed by atoms with Crippen LogP contribution in [-0.4, -0.2) is 43.8 Å². The van der Waals surface area contributed by atoms with Gasteiger partial charge in [0.2, 0.25) is 10.1 Å². The summed E-state index contributed by atoms with van der Waals surface area (Å²) in [5.74, 6) is -0.299. The molecule has 0 aromatic heterocycles. The van der Waals surface area contributed by atoms with Crippen molar-refractivity contribution < 1.29 is 15.0 Å². The predicted molar refractivity (Wildman–Crippen MR) is 93.1 cm³/mol. The van der Waals surface area contributed by atoms with Crippen molar-refractivity contribution >= 4 is 69.5 Å². The highest BCUT2D eigenvalue weighted by Crippen LogP contribution is 2.49. The van der Waals surface area contributed by atoms with Crippen molar-refractivity contribution in [3.63, 3.8) is 0 Å². The molecule has 0 radical (unpaired) electrons. The Kier molecular flexibility index (Phi) is 5.69. The van der Waals surface area contributed by atoms with Crippen LogP contribution in [0.3, 0.4) is 0 Å². The zero-order valence-electron chi connectivity index (χ0n) is 11.3. The van der Waals surface area contributed by atoms with Gasteiger partial charge in [-0.3, -0.25) is 9.79 Å². The van der Waals surface area contributed by atoms with E-state index in [2.05, 4.69) is 4.99 Å². The zero-order chi connectivity index (χ0) is 17.4. The molecule has 9 heteroatoms. The molecule has 2 rings (SSSR count). The second-order valence-electron chi connectivity index (χ2n) is 4.78. The number of aliphatic imine (C=N–C) groups is 1. The first-order chi connectivity index (χ1) is 10.6. The monoisotopic (exact) mass is 415 g/mol. The number of hydrogen-bond acceptors (Lipinski definition) is 4. The Balaban J connectivity index is 2.35. The summed E-state index contributed by atoms with van der Waals surface area (Å²) in [7, 11) is 0. The summed E-state index contributed by atoms with van der Waals surface area (Å²) in [5, 5.41) is 12.7. The molecule has 23 heavy (non-hydrogen) atoms. The molecule has 0 bridgehead atoms. The summed E-state index contributed by atoms with van der Waals surface area (Å²) in [5.41, 5.74) is 0.311. The molecule has 3 atom stereocenters. The van der Waals surface area contributed by atoms with Crippen LogP contribution < -0.4 is 0 Å². The fourth-order valence-electron chi connectivity index (χ4n) is 1.89. The van der Waals surface area contributed by atoms with Gasteiger partial charge in [0.1, 0.15) is 11.9 Å². The van der Waals surface area contributed by atoms with Crippen molar-refractivity contribution in [3.05, 3.63) is 46.0 Å². The first-order valence-electron chi connectivity index (χ1n) is 6.26. The lowest BCUT2D eigenvalue weighted by Crippen LogP contribution is -2.58. The lowest BCUT2D eigenvalue weighted by molar-refractivity contribution is -0.0117. The number of hydrogen-bond donors (Lipinski definition) is 2. The molecule has 0 saturated heterocycles. The first kappa shape index (κ1) is 19.0. The first-order valence-corrected chi connectivity index (χ1v) is 8.21. The Hall–Kier alpha value is -0.330. The van der Waals surface area contributed by atoms with E-state index in [1.165, 1.54) is 0 Å². The summed E-state index contributed by atoms with van der Waals surface area (Å²) in [6.07, 6.45) is 0. The fraction of sp³-hybridized carbons (Fsp3) is 0.286. The molecule has 0 spiro atoms. The molecule has 124 valence electrons. The van der Waals surface area contributed by atoms with Gasteiger partial charge in [-0.1, -0.05) is 76.7 Å². The number of carbonyl (C=O) groups is 1. The molecule has 2 N–H and O–H groups in total. The number of Topliss-reactive ketones (excluding diaryl/α,β-unsaturated/α-hetero) is 1. The molecule has 0 amide bonds. The lowest BCUT2D eigenvalue weighted by atomic mass is 9.97. The Labute approximate surface area is 157 Å². The van der Waals surface area contributed by atoms with Crippen LogP contribution in [0.15, 0.2) is 45.4 Å². The van der Waals surface area contributed by atoms with Crippen LogP contribution in [0.5, 0.6) is 0 Å². The van der Waals surface area contributed by atoms with Crippen molar-refractivity contribution in [1.29, 1.82) is 0 Å². The lowest BCUT2D eigenvalue weighted by Gasteiger charge is -2.41. The smallest absolute Gasteiger partial charge is 0.221 e. The highest BCUT2D eigenvalue weighted by atomic mass is 35.5. The molecule has 0 saturated carbocycles. The van der Waals surface area contributed by atoms with Gasteiger partial charge >= 0.3 is 0 Å². The van der Waals surface area contributed by atoms with E-state index >= 15 is 0 Å². The van der Waals surface area contributed by atoms with Gasteiger partial charge in [-0.05, 0) is 0 Å². The summed E-state index contributed by atoms with van der Waals surface area (Å²) in [6.45, 7) is -0.295. The Morgan fingerprint density at radius 2 is 1.74 bits per heavy atom. The van der Waals surface area contributed by atoms with Gasteiger partial charge in [-0.2, -0.15) is 0 Å². The van der Waals surface area contributed by atoms with E-state index in [-0.39, 0.29) is 23.1 Å². The molecule has 1 aliphatic rings. The highest BCUT2D eigenvalue weighted by molar-refractivity contribution is 6.59. The number of ketones is 1. The van der Waals surface area contributed by atoms with E-state index in [0.717, 1.165) is 0 Å². The summed E-state index contributed by atoms with van der Waals surface area (Å²) in [6, 6.07) is 8.44. The summed E-state index contributed by atoms with van der Waals surface area (Å²) < 4.78 is 0. The van der Waals surface area contributed by atoms with Gasteiger partial charge in [-0.15, -0.1) is 11.6 Å². The van der Waals surface area contributed by atoms with Crippen LogP contribution in [0.1, 0.15) is 10.4 Å². The molecular formula is C14H10Cl5NO3. The minimum Gasteiger partial charge on any atom is -0.369 e. The van der Waals surface area contributed by atoms with Crippen LogP contribution in [0.2, 0.25) is 0 Å². The zero-order valence-corrected chi connectivity index (χ0v) is 15.1. The number of halogens is 5. The van der Waals surface area contributed by atoms with E-state index in [0.29, 0.717) is 5.56 Å². The third-order valence-electron chi connectivity index (χ3n) is 3.24. The molecule has 3 unspecified atom stereocenters. The van der Waals surface area contributed by atoms with Crippen molar-refractivity contribution in [2.75, 3.05) is 6.54 Å². The van der Waals surface area contributed by atoms with Crippen molar-refractivity contribution in [2.24, 2.45) is 4.99 Å². The maximum Gasteiger partial charge on any atom is 0.221 e. The number of rotatable bonds is 3. The number of carbonyl (C=O) groups excluding carboxylic acids is 1. The summed E-state index contributed by atoms with van der Waals surface area (Å²) >= 11 is 29.3. The molecule has 1 aliphatic carbocycles. The standard InChI is InChI=1S/C14H10Cl5NO3/c15-9-10(12(17)14(19,23)13(18,22)11(9)16)20-6-8(21)7-4-2-1-3-5-7/h1-5,12,22-23H,6H2. The SMILES string of the molecule is O=C(CN=C1C(Cl)=C(Cl)C(O)(Cl)C(O)(Cl)C1Cl)c1ccccc1. The summed E-state index contributed by atoms with van der Waals surface area (Å²) in [4.78, 5) is 16.0. The molecule has 0 fully saturated rings. The molecule has 1 aromatic rings. The quantitative estimate of drug-likeness (QED) is 0.584. The number of alkyl halides is 3. The van der Waals surface area contributed by atoms with Gasteiger partial charge in [0.05, 0.1) is 15.8 Å². The van der Waals surface area contributed by atoms with Crippen LogP contribution in [0.4, 0.5) is 0 Å². The Morgan fingerprint density at radius 1 is 1.17 bits per heavy atom. The van der Waals surface area contributed by atoms with Crippen molar-refractivity contribution in [1.82, 2.24) is 0 Å². The van der Waals surface area contributed by atoms with Crippen LogP contribution in [0, 0.1) is 0 Å². The van der Waals surface area contributed by atoms with E-state index in [4.69, 9.17) is 58.0 Å². The number of benzene rings is 1. The number of aliphatic hydroxyl groups is 2. The second kappa shape index (κ2) is 6.89. The maximum absolute atomic E-state index is 12.1. The van der Waals surface area contributed by atoms with E-state index < -0.39 is 20.5 Å². The normalized spacial score (nSPS) is 33.2. The molecule has 4 nitrogen and oxygen atoms in total. The van der Waals surface area contributed by atoms with Crippen LogP contribution in [-0.2, 0) is 0 Å². The number of allylic oxidation sites excluding steroid dienone is 1. The maximum atomic E-state index is 12.1. The van der Waals surface area contributed by atoms with Gasteiger partial charge in [0.15, 0.2) is 5.78 Å². The van der Waals surface area contributed by atoms with Gasteiger partial charge in [0.25, 0.3) is 0 Å². The van der Waals surface area contributed by atoms with Crippen molar-refractivity contribution in [3.8, 4) is 0 Å². The Bertz CT molecular complexity index is 685. The van der Waals surface area contributed by atoms with Gasteiger partial charge in [0, 0.05) is 5.56 Å². The third kappa shape index (κ3) is 3.40.